The SMILES string of the molecule is C=C(C)C(=O)OCC(O)COc1ccc(C(C)C)c(OCC(O)COC(=O)C(=C)C)c1. The Morgan fingerprint density at radius 1 is 0.871 bits per heavy atom. The maximum Gasteiger partial charge on any atom is 0.333 e. The number of aliphatic hydroxyl groups excluding tert-OH is 2. The van der Waals surface area contributed by atoms with Crippen LogP contribution >= 0.6 is 0 Å². The zero-order valence-electron chi connectivity index (χ0n) is 18.6. The van der Waals surface area contributed by atoms with Gasteiger partial charge < -0.3 is 29.2 Å². The highest BCUT2D eigenvalue weighted by atomic mass is 16.6. The highest BCUT2D eigenvalue weighted by Crippen LogP contribution is 2.30. The van der Waals surface area contributed by atoms with Crippen molar-refractivity contribution < 1.29 is 38.7 Å². The fraction of sp³-hybridized carbons (Fsp3) is 0.478. The lowest BCUT2D eigenvalue weighted by Crippen LogP contribution is -2.26. The smallest absolute Gasteiger partial charge is 0.333 e. The number of hydrogen-bond donors (Lipinski definition) is 2. The van der Waals surface area contributed by atoms with E-state index in [4.69, 9.17) is 18.9 Å². The second-order valence-electron chi connectivity index (χ2n) is 7.54. The van der Waals surface area contributed by atoms with E-state index in [9.17, 15) is 19.8 Å². The van der Waals surface area contributed by atoms with Crippen molar-refractivity contribution in [2.24, 2.45) is 0 Å². The summed E-state index contributed by atoms with van der Waals surface area (Å²) in [5, 5.41) is 19.9. The lowest BCUT2D eigenvalue weighted by Gasteiger charge is -2.19. The topological polar surface area (TPSA) is 112 Å². The third-order valence-corrected chi connectivity index (χ3v) is 3.99. The van der Waals surface area contributed by atoms with Gasteiger partial charge in [0.2, 0.25) is 0 Å². The van der Waals surface area contributed by atoms with Crippen LogP contribution in [0.2, 0.25) is 0 Å². The quantitative estimate of drug-likeness (QED) is 0.358. The van der Waals surface area contributed by atoms with Gasteiger partial charge >= 0.3 is 11.9 Å². The van der Waals surface area contributed by atoms with Crippen molar-refractivity contribution in [2.45, 2.75) is 45.8 Å². The van der Waals surface area contributed by atoms with Crippen LogP contribution in [-0.4, -0.2) is 60.8 Å². The summed E-state index contributed by atoms with van der Waals surface area (Å²) in [5.74, 6) is -0.0725. The number of hydrogen-bond acceptors (Lipinski definition) is 8. The third kappa shape index (κ3) is 9.67. The summed E-state index contributed by atoms with van der Waals surface area (Å²) in [6, 6.07) is 5.21. The molecule has 2 atom stereocenters. The van der Waals surface area contributed by atoms with Crippen molar-refractivity contribution >= 4 is 11.9 Å². The van der Waals surface area contributed by atoms with Crippen LogP contribution < -0.4 is 9.47 Å². The molecule has 8 nitrogen and oxygen atoms in total. The monoisotopic (exact) mass is 436 g/mol. The van der Waals surface area contributed by atoms with E-state index in [2.05, 4.69) is 13.2 Å². The molecule has 0 spiro atoms. The summed E-state index contributed by atoms with van der Waals surface area (Å²) < 4.78 is 21.1. The van der Waals surface area contributed by atoms with Gasteiger partial charge in [0.05, 0.1) is 0 Å². The van der Waals surface area contributed by atoms with Crippen LogP contribution in [0.3, 0.4) is 0 Å². The standard InChI is InChI=1S/C23H32O8/c1-14(2)20-8-7-19(28-10-17(24)12-30-22(26)15(3)4)9-21(20)29-11-18(25)13-31-23(27)16(5)6/h7-9,14,17-18,24-25H,3,5,10-13H2,1-2,4,6H3. The Labute approximate surface area is 183 Å². The summed E-state index contributed by atoms with van der Waals surface area (Å²) in [6.07, 6.45) is -2.03. The number of carbonyl (C=O) groups is 2. The highest BCUT2D eigenvalue weighted by molar-refractivity contribution is 5.87. The van der Waals surface area contributed by atoms with Crippen LogP contribution in [0.25, 0.3) is 0 Å². The van der Waals surface area contributed by atoms with E-state index in [0.29, 0.717) is 11.5 Å². The Morgan fingerprint density at radius 3 is 1.81 bits per heavy atom. The van der Waals surface area contributed by atoms with Crippen LogP contribution in [0.5, 0.6) is 11.5 Å². The van der Waals surface area contributed by atoms with E-state index in [1.165, 1.54) is 13.8 Å². The fourth-order valence-electron chi connectivity index (χ4n) is 2.27. The zero-order chi connectivity index (χ0) is 23.6. The summed E-state index contributed by atoms with van der Waals surface area (Å²) in [7, 11) is 0. The van der Waals surface area contributed by atoms with Gasteiger partial charge in [0.1, 0.15) is 50.1 Å². The van der Waals surface area contributed by atoms with Gasteiger partial charge in [-0.1, -0.05) is 33.1 Å². The molecular weight excluding hydrogens is 404 g/mol. The Morgan fingerprint density at radius 2 is 1.35 bits per heavy atom. The Balaban J connectivity index is 2.66. The minimum absolute atomic E-state index is 0.0911. The molecule has 0 saturated carbocycles. The van der Waals surface area contributed by atoms with Crippen molar-refractivity contribution in [1.29, 1.82) is 0 Å². The van der Waals surface area contributed by atoms with E-state index in [1.54, 1.807) is 12.1 Å². The molecule has 8 heteroatoms. The van der Waals surface area contributed by atoms with Gasteiger partial charge in [0, 0.05) is 17.2 Å². The molecule has 1 aromatic rings. The number of ether oxygens (including phenoxy) is 4. The summed E-state index contributed by atoms with van der Waals surface area (Å²) in [5.41, 5.74) is 1.39. The van der Waals surface area contributed by atoms with Crippen LogP contribution in [0.4, 0.5) is 0 Å². The van der Waals surface area contributed by atoms with Crippen LogP contribution in [0, 0.1) is 0 Å². The average molecular weight is 437 g/mol. The van der Waals surface area contributed by atoms with E-state index in [-0.39, 0.29) is 43.5 Å². The van der Waals surface area contributed by atoms with Gasteiger partial charge in [-0.05, 0) is 31.4 Å². The first-order valence-electron chi connectivity index (χ1n) is 9.92. The van der Waals surface area contributed by atoms with Gasteiger partial charge in [-0.3, -0.25) is 0 Å². The molecule has 0 aliphatic heterocycles. The number of rotatable bonds is 13. The summed E-state index contributed by atoms with van der Waals surface area (Å²) in [6.45, 7) is 13.4. The van der Waals surface area contributed by atoms with Crippen LogP contribution in [-0.2, 0) is 19.1 Å². The summed E-state index contributed by atoms with van der Waals surface area (Å²) in [4.78, 5) is 22.8. The zero-order valence-corrected chi connectivity index (χ0v) is 18.6. The molecule has 0 heterocycles. The molecule has 0 aliphatic carbocycles. The van der Waals surface area contributed by atoms with E-state index < -0.39 is 24.1 Å². The van der Waals surface area contributed by atoms with Gasteiger partial charge in [-0.2, -0.15) is 0 Å². The first-order chi connectivity index (χ1) is 14.5. The van der Waals surface area contributed by atoms with Gasteiger partial charge in [0.15, 0.2) is 0 Å². The lowest BCUT2D eigenvalue weighted by atomic mass is 10.0. The average Bonchev–Trinajstić information content (AvgIpc) is 2.72. The Bertz CT molecular complexity index is 784. The molecule has 0 fully saturated rings. The number of carbonyl (C=O) groups excluding carboxylic acids is 2. The van der Waals surface area contributed by atoms with Crippen molar-refractivity contribution in [1.82, 2.24) is 0 Å². The largest absolute Gasteiger partial charge is 0.491 e. The van der Waals surface area contributed by atoms with E-state index in [0.717, 1.165) is 5.56 Å². The molecule has 2 N–H and O–H groups in total. The molecule has 0 aliphatic rings. The molecule has 1 aromatic carbocycles. The second-order valence-corrected chi connectivity index (χ2v) is 7.54. The summed E-state index contributed by atoms with van der Waals surface area (Å²) >= 11 is 0. The number of benzene rings is 1. The first-order valence-corrected chi connectivity index (χ1v) is 9.92. The predicted octanol–water partition coefficient (Wildman–Crippen LogP) is 2.53. The Hall–Kier alpha value is -2.84. The first kappa shape index (κ1) is 26.2. The van der Waals surface area contributed by atoms with Crippen molar-refractivity contribution in [2.75, 3.05) is 26.4 Å². The number of aliphatic hydroxyl groups is 2. The van der Waals surface area contributed by atoms with Crippen molar-refractivity contribution in [3.63, 3.8) is 0 Å². The van der Waals surface area contributed by atoms with Crippen LogP contribution in [0.1, 0.15) is 39.2 Å². The maximum absolute atomic E-state index is 11.4. The minimum Gasteiger partial charge on any atom is -0.491 e. The normalized spacial score (nSPS) is 12.6. The maximum atomic E-state index is 11.4. The van der Waals surface area contributed by atoms with Crippen molar-refractivity contribution in [3.05, 3.63) is 48.1 Å². The number of esters is 2. The van der Waals surface area contributed by atoms with Crippen molar-refractivity contribution in [3.8, 4) is 11.5 Å². The molecule has 1 rings (SSSR count). The predicted molar refractivity (Wildman–Crippen MR) is 115 cm³/mol. The Kier molecular flexibility index (Phi) is 10.8. The second kappa shape index (κ2) is 12.8. The van der Waals surface area contributed by atoms with Gasteiger partial charge in [-0.15, -0.1) is 0 Å². The molecule has 0 aromatic heterocycles. The minimum atomic E-state index is -1.02. The third-order valence-electron chi connectivity index (χ3n) is 3.99. The van der Waals surface area contributed by atoms with Crippen LogP contribution in [0.15, 0.2) is 42.5 Å². The van der Waals surface area contributed by atoms with E-state index >= 15 is 0 Å². The van der Waals surface area contributed by atoms with Gasteiger partial charge in [-0.25, -0.2) is 9.59 Å². The molecule has 0 bridgehead atoms. The molecule has 172 valence electrons. The fourth-order valence-corrected chi connectivity index (χ4v) is 2.27. The van der Waals surface area contributed by atoms with E-state index in [1.807, 2.05) is 19.9 Å². The molecule has 0 saturated heterocycles. The molecule has 0 radical (unpaired) electrons. The molecule has 2 unspecified atom stereocenters. The van der Waals surface area contributed by atoms with Gasteiger partial charge in [0.25, 0.3) is 0 Å². The highest BCUT2D eigenvalue weighted by Gasteiger charge is 2.15. The lowest BCUT2D eigenvalue weighted by molar-refractivity contribution is -0.143. The molecule has 31 heavy (non-hydrogen) atoms. The molecule has 0 amide bonds. The molecular formula is C23H32O8.